The topological polar surface area (TPSA) is 34.1 Å². The summed E-state index contributed by atoms with van der Waals surface area (Å²) < 4.78 is 24.9. The highest BCUT2D eigenvalue weighted by atomic mass is 79.9. The van der Waals surface area contributed by atoms with Gasteiger partial charge in [-0.15, -0.1) is 0 Å². The number of hydrogen-bond donors (Lipinski definition) is 0. The monoisotopic (exact) mass is 334 g/mol. The predicted octanol–water partition coefficient (Wildman–Crippen LogP) is 3.54. The van der Waals surface area contributed by atoms with Gasteiger partial charge in [-0.2, -0.15) is 0 Å². The van der Waals surface area contributed by atoms with Crippen LogP contribution < -0.4 is 0 Å². The summed E-state index contributed by atoms with van der Waals surface area (Å²) in [4.78, 5) is 0.225. The molecule has 96 valence electrons. The Bertz CT molecular complexity index is 733. The third-order valence-corrected chi connectivity index (χ3v) is 4.30. The van der Waals surface area contributed by atoms with Crippen LogP contribution in [0.25, 0.3) is 0 Å². The summed E-state index contributed by atoms with van der Waals surface area (Å²) in [6, 6.07) is 13.8. The zero-order valence-corrected chi connectivity index (χ0v) is 12.6. The maximum Gasteiger partial charge on any atom is 0.245 e. The summed E-state index contributed by atoms with van der Waals surface area (Å²) in [5, 5.41) is 2.34. The summed E-state index contributed by atoms with van der Waals surface area (Å²) in [6.45, 7) is 1.91. The Morgan fingerprint density at radius 3 is 2.11 bits per heavy atom. The summed E-state index contributed by atoms with van der Waals surface area (Å²) >= 11 is 3.31. The first-order chi connectivity index (χ1) is 8.97. The van der Waals surface area contributed by atoms with Gasteiger partial charge in [-0.3, -0.25) is 0 Å². The van der Waals surface area contributed by atoms with Crippen molar-refractivity contribution in [1.29, 1.82) is 0 Å². The Hall–Kier alpha value is -1.57. The third-order valence-electron chi connectivity index (χ3n) is 2.51. The molecule has 0 aliphatic rings. The van der Waals surface area contributed by atoms with Crippen LogP contribution in [0.2, 0.25) is 0 Å². The number of rotatable bonds is 1. The van der Waals surface area contributed by atoms with Crippen LogP contribution in [0.15, 0.2) is 57.9 Å². The van der Waals surface area contributed by atoms with Crippen LogP contribution >= 0.6 is 15.9 Å². The largest absolute Gasteiger partial charge is 0.245 e. The van der Waals surface area contributed by atoms with E-state index in [1.54, 1.807) is 36.4 Å². The maximum atomic E-state index is 12.0. The summed E-state index contributed by atoms with van der Waals surface area (Å²) in [5.41, 5.74) is 1.68. The van der Waals surface area contributed by atoms with Gasteiger partial charge in [-0.1, -0.05) is 33.6 Å². The molecular formula is C15H11BrO2S. The molecule has 19 heavy (non-hydrogen) atoms. The molecule has 0 aliphatic heterocycles. The van der Waals surface area contributed by atoms with Crippen molar-refractivity contribution in [2.75, 3.05) is 0 Å². The van der Waals surface area contributed by atoms with Gasteiger partial charge in [0.15, 0.2) is 0 Å². The second-order valence-electron chi connectivity index (χ2n) is 4.05. The molecule has 4 heteroatoms. The molecule has 0 aromatic heterocycles. The van der Waals surface area contributed by atoms with Crippen molar-refractivity contribution in [3.8, 4) is 11.2 Å². The molecule has 0 spiro atoms. The molecule has 0 atom stereocenters. The quantitative estimate of drug-likeness (QED) is 0.747. The molecule has 0 heterocycles. The number of hydrogen-bond acceptors (Lipinski definition) is 2. The summed E-state index contributed by atoms with van der Waals surface area (Å²) in [7, 11) is -3.56. The van der Waals surface area contributed by atoms with E-state index in [4.69, 9.17) is 0 Å². The van der Waals surface area contributed by atoms with Gasteiger partial charge >= 0.3 is 0 Å². The van der Waals surface area contributed by atoms with Crippen molar-refractivity contribution in [2.24, 2.45) is 0 Å². The zero-order valence-electron chi connectivity index (χ0n) is 10.2. The van der Waals surface area contributed by atoms with E-state index in [0.29, 0.717) is 5.56 Å². The predicted molar refractivity (Wildman–Crippen MR) is 79.4 cm³/mol. The lowest BCUT2D eigenvalue weighted by Gasteiger charge is -1.97. The highest BCUT2D eigenvalue weighted by Crippen LogP contribution is 2.12. The minimum Gasteiger partial charge on any atom is -0.210 e. The number of aryl methyl sites for hydroxylation is 1. The zero-order chi connectivity index (χ0) is 13.9. The SMILES string of the molecule is Cc1ccc(S(=O)(=O)C#Cc2ccc(Br)cc2)cc1. The average molecular weight is 335 g/mol. The van der Waals surface area contributed by atoms with E-state index in [1.807, 2.05) is 19.1 Å². The second-order valence-corrected chi connectivity index (χ2v) is 6.65. The van der Waals surface area contributed by atoms with Crippen molar-refractivity contribution in [3.05, 3.63) is 64.1 Å². The Morgan fingerprint density at radius 2 is 1.53 bits per heavy atom. The van der Waals surface area contributed by atoms with Gasteiger partial charge < -0.3 is 0 Å². The molecule has 0 radical (unpaired) electrons. The standard InChI is InChI=1S/C15H11BrO2S/c1-12-2-8-15(9-3-12)19(17,18)11-10-13-4-6-14(16)7-5-13/h2-9H,1H3. The first-order valence-electron chi connectivity index (χ1n) is 5.57. The Balaban J connectivity index is 2.32. The van der Waals surface area contributed by atoms with Crippen LogP contribution in [-0.2, 0) is 9.84 Å². The lowest BCUT2D eigenvalue weighted by atomic mass is 10.2. The van der Waals surface area contributed by atoms with E-state index < -0.39 is 9.84 Å². The molecule has 0 unspecified atom stereocenters. The lowest BCUT2D eigenvalue weighted by molar-refractivity contribution is 0.606. The lowest BCUT2D eigenvalue weighted by Crippen LogP contribution is -1.96. The fraction of sp³-hybridized carbons (Fsp3) is 0.0667. The first kappa shape index (κ1) is 13.9. The van der Waals surface area contributed by atoms with Gasteiger partial charge in [0.25, 0.3) is 0 Å². The number of sulfone groups is 1. The van der Waals surface area contributed by atoms with E-state index in [-0.39, 0.29) is 4.90 Å². The van der Waals surface area contributed by atoms with Gasteiger partial charge in [-0.25, -0.2) is 8.42 Å². The number of benzene rings is 2. The third kappa shape index (κ3) is 3.69. The van der Waals surface area contributed by atoms with Gasteiger partial charge in [0.1, 0.15) is 0 Å². The molecule has 2 rings (SSSR count). The van der Waals surface area contributed by atoms with E-state index in [1.165, 1.54) is 0 Å². The fourth-order valence-corrected chi connectivity index (χ4v) is 2.56. The molecule has 2 aromatic carbocycles. The van der Waals surface area contributed by atoms with E-state index in [2.05, 4.69) is 27.1 Å². The van der Waals surface area contributed by atoms with Crippen LogP contribution in [0, 0.1) is 18.1 Å². The Labute approximate surface area is 121 Å². The molecule has 2 nitrogen and oxygen atoms in total. The van der Waals surface area contributed by atoms with Gasteiger partial charge in [-0.05, 0) is 49.2 Å². The van der Waals surface area contributed by atoms with Crippen LogP contribution in [-0.4, -0.2) is 8.42 Å². The minimum atomic E-state index is -3.56. The second kappa shape index (κ2) is 5.60. The average Bonchev–Trinajstić information content (AvgIpc) is 2.39. The fourth-order valence-electron chi connectivity index (χ4n) is 1.44. The molecule has 0 N–H and O–H groups in total. The highest BCUT2D eigenvalue weighted by Gasteiger charge is 2.09. The van der Waals surface area contributed by atoms with Gasteiger partial charge in [0.05, 0.1) is 4.90 Å². The molecule has 0 fully saturated rings. The van der Waals surface area contributed by atoms with E-state index in [9.17, 15) is 8.42 Å². The molecule has 0 saturated heterocycles. The van der Waals surface area contributed by atoms with E-state index in [0.717, 1.165) is 10.0 Å². The Kier molecular flexibility index (Phi) is 4.08. The van der Waals surface area contributed by atoms with E-state index >= 15 is 0 Å². The van der Waals surface area contributed by atoms with Crippen LogP contribution in [0.3, 0.4) is 0 Å². The van der Waals surface area contributed by atoms with Gasteiger partial charge in [0, 0.05) is 15.3 Å². The summed E-state index contributed by atoms with van der Waals surface area (Å²) in [5.74, 6) is 2.67. The van der Waals surface area contributed by atoms with Crippen LogP contribution in [0.1, 0.15) is 11.1 Å². The van der Waals surface area contributed by atoms with Crippen molar-refractivity contribution >= 4 is 25.8 Å². The minimum absolute atomic E-state index is 0.225. The highest BCUT2D eigenvalue weighted by molar-refractivity contribution is 9.10. The van der Waals surface area contributed by atoms with Gasteiger partial charge in [0.2, 0.25) is 9.84 Å². The van der Waals surface area contributed by atoms with Crippen molar-refractivity contribution in [2.45, 2.75) is 11.8 Å². The van der Waals surface area contributed by atoms with Crippen molar-refractivity contribution < 1.29 is 8.42 Å². The molecule has 0 saturated carbocycles. The summed E-state index contributed by atoms with van der Waals surface area (Å²) in [6.07, 6.45) is 0. The Morgan fingerprint density at radius 1 is 0.947 bits per heavy atom. The molecule has 2 aromatic rings. The van der Waals surface area contributed by atoms with Crippen molar-refractivity contribution in [1.82, 2.24) is 0 Å². The number of halogens is 1. The van der Waals surface area contributed by atoms with Crippen LogP contribution in [0.4, 0.5) is 0 Å². The van der Waals surface area contributed by atoms with Crippen molar-refractivity contribution in [3.63, 3.8) is 0 Å². The molecule has 0 aliphatic carbocycles. The maximum absolute atomic E-state index is 12.0. The molecule has 0 bridgehead atoms. The molecule has 0 amide bonds. The first-order valence-corrected chi connectivity index (χ1v) is 7.85. The normalized spacial score (nSPS) is 10.6. The van der Waals surface area contributed by atoms with Crippen LogP contribution in [0.5, 0.6) is 0 Å². The smallest absolute Gasteiger partial charge is 0.210 e. The molecular weight excluding hydrogens is 324 g/mol.